The summed E-state index contributed by atoms with van der Waals surface area (Å²) >= 11 is 1.79. The smallest absolute Gasteiger partial charge is 0.374 e. The monoisotopic (exact) mass is 600 g/mol. The third-order valence-corrected chi connectivity index (χ3v) is 11.9. The van der Waals surface area contributed by atoms with Gasteiger partial charge in [0.1, 0.15) is 0 Å². The molecule has 0 spiro atoms. The molecule has 6 heteroatoms. The van der Waals surface area contributed by atoms with Crippen LogP contribution in [-0.4, -0.2) is 40.2 Å². The summed E-state index contributed by atoms with van der Waals surface area (Å²) in [5.74, 6) is 1.20. The van der Waals surface area contributed by atoms with Gasteiger partial charge < -0.3 is 13.3 Å². The van der Waals surface area contributed by atoms with Crippen LogP contribution in [0, 0.1) is 0 Å². The van der Waals surface area contributed by atoms with Crippen LogP contribution in [0.1, 0.15) is 125 Å². The highest BCUT2D eigenvalue weighted by Gasteiger charge is 2.39. The highest BCUT2D eigenvalue weighted by atomic mass is 32.2. The van der Waals surface area contributed by atoms with E-state index >= 15 is 0 Å². The number of benzene rings is 2. The van der Waals surface area contributed by atoms with Gasteiger partial charge in [-0.25, -0.2) is 0 Å². The zero-order valence-corrected chi connectivity index (χ0v) is 28.2. The molecule has 230 valence electrons. The molecule has 0 heterocycles. The Labute approximate surface area is 256 Å². The third kappa shape index (κ3) is 14.1. The summed E-state index contributed by atoms with van der Waals surface area (Å²) in [6.07, 6.45) is 14.6. The first kappa shape index (κ1) is 35.8. The molecule has 0 aliphatic heterocycles. The van der Waals surface area contributed by atoms with E-state index in [0.29, 0.717) is 19.8 Å². The zero-order valence-electron chi connectivity index (χ0n) is 26.3. The standard InChI is InChI=1S/C35H56O4SSi/c1-5-9-10-11-13-17-22-31-25-27-32(28-26-31)34(36)35(33-23-18-16-19-24-33)40-29-20-14-12-15-21-30-41(37-6-2,38-7-3)39-8-4/h16,18-19,23-28,35H,5-15,17,20-22,29-30H2,1-4H3. The predicted octanol–water partition coefficient (Wildman–Crippen LogP) is 10.2. The van der Waals surface area contributed by atoms with Crippen LogP contribution in [0.5, 0.6) is 0 Å². The first-order valence-corrected chi connectivity index (χ1v) is 19.3. The van der Waals surface area contributed by atoms with E-state index in [0.717, 1.165) is 48.6 Å². The van der Waals surface area contributed by atoms with E-state index in [4.69, 9.17) is 13.3 Å². The number of hydrogen-bond acceptors (Lipinski definition) is 5. The lowest BCUT2D eigenvalue weighted by Crippen LogP contribution is -2.45. The lowest BCUT2D eigenvalue weighted by atomic mass is 9.99. The summed E-state index contributed by atoms with van der Waals surface area (Å²) in [5.41, 5.74) is 3.26. The van der Waals surface area contributed by atoms with E-state index in [1.807, 2.05) is 51.1 Å². The number of unbranched alkanes of at least 4 members (excludes halogenated alkanes) is 9. The molecule has 41 heavy (non-hydrogen) atoms. The molecule has 0 aliphatic carbocycles. The summed E-state index contributed by atoms with van der Waals surface area (Å²) in [6.45, 7) is 10.2. The largest absolute Gasteiger partial charge is 0.500 e. The number of aryl methyl sites for hydroxylation is 1. The molecule has 0 fully saturated rings. The van der Waals surface area contributed by atoms with Gasteiger partial charge in [0.2, 0.25) is 0 Å². The van der Waals surface area contributed by atoms with Crippen LogP contribution in [0.25, 0.3) is 0 Å². The van der Waals surface area contributed by atoms with Gasteiger partial charge in [-0.3, -0.25) is 4.79 Å². The van der Waals surface area contributed by atoms with Gasteiger partial charge in [0.15, 0.2) is 5.78 Å². The number of carbonyl (C=O) groups excluding carboxylic acids is 1. The predicted molar refractivity (Wildman–Crippen MR) is 178 cm³/mol. The van der Waals surface area contributed by atoms with Crippen molar-refractivity contribution >= 4 is 26.3 Å². The van der Waals surface area contributed by atoms with Crippen molar-refractivity contribution in [3.05, 3.63) is 71.3 Å². The van der Waals surface area contributed by atoms with E-state index in [1.165, 1.54) is 56.9 Å². The number of rotatable bonds is 25. The fourth-order valence-corrected chi connectivity index (χ4v) is 9.15. The number of carbonyl (C=O) groups is 1. The lowest BCUT2D eigenvalue weighted by Gasteiger charge is -2.28. The van der Waals surface area contributed by atoms with Gasteiger partial charge in [0.25, 0.3) is 0 Å². The first-order valence-electron chi connectivity index (χ1n) is 16.3. The molecular formula is C35H56O4SSi. The van der Waals surface area contributed by atoms with Crippen molar-refractivity contribution in [2.75, 3.05) is 25.6 Å². The average Bonchev–Trinajstić information content (AvgIpc) is 2.99. The fourth-order valence-electron chi connectivity index (χ4n) is 5.22. The van der Waals surface area contributed by atoms with Gasteiger partial charge in [-0.05, 0) is 63.3 Å². The van der Waals surface area contributed by atoms with Crippen LogP contribution >= 0.6 is 11.8 Å². The van der Waals surface area contributed by atoms with Crippen LogP contribution in [0.4, 0.5) is 0 Å². The van der Waals surface area contributed by atoms with Crippen molar-refractivity contribution < 1.29 is 18.1 Å². The van der Waals surface area contributed by atoms with E-state index in [-0.39, 0.29) is 11.0 Å². The second-order valence-corrected chi connectivity index (χ2v) is 14.7. The highest BCUT2D eigenvalue weighted by molar-refractivity contribution is 8.00. The van der Waals surface area contributed by atoms with Gasteiger partial charge in [0, 0.05) is 31.4 Å². The van der Waals surface area contributed by atoms with Crippen molar-refractivity contribution in [2.24, 2.45) is 0 Å². The molecule has 0 saturated carbocycles. The van der Waals surface area contributed by atoms with E-state index in [2.05, 4.69) is 31.2 Å². The van der Waals surface area contributed by atoms with Gasteiger partial charge in [-0.15, -0.1) is 11.8 Å². The van der Waals surface area contributed by atoms with Crippen LogP contribution < -0.4 is 0 Å². The van der Waals surface area contributed by atoms with Crippen molar-refractivity contribution in [1.82, 2.24) is 0 Å². The van der Waals surface area contributed by atoms with Gasteiger partial charge in [-0.1, -0.05) is 113 Å². The molecule has 1 unspecified atom stereocenters. The Morgan fingerprint density at radius 3 is 1.85 bits per heavy atom. The van der Waals surface area contributed by atoms with Crippen molar-refractivity contribution in [2.45, 2.75) is 116 Å². The molecule has 0 radical (unpaired) electrons. The Bertz CT molecular complexity index is 905. The maximum absolute atomic E-state index is 13.6. The SMILES string of the molecule is CCCCCCCCc1ccc(C(=O)C(SCCCCCCC[Si](OCC)(OCC)OCC)c2ccccc2)cc1. The molecule has 2 aromatic rings. The second kappa shape index (κ2) is 22.1. The van der Waals surface area contributed by atoms with Crippen molar-refractivity contribution in [1.29, 1.82) is 0 Å². The molecule has 0 amide bonds. The molecule has 0 aromatic heterocycles. The maximum atomic E-state index is 13.6. The molecule has 2 rings (SSSR count). The number of ketones is 1. The van der Waals surface area contributed by atoms with Crippen LogP contribution in [0.2, 0.25) is 6.04 Å². The Morgan fingerprint density at radius 1 is 0.683 bits per heavy atom. The number of Topliss-reactive ketones (excluding diaryl/α,β-unsaturated/α-hetero) is 1. The van der Waals surface area contributed by atoms with E-state index < -0.39 is 8.80 Å². The summed E-state index contributed by atoms with van der Waals surface area (Å²) in [6, 6.07) is 19.6. The first-order chi connectivity index (χ1) is 20.1. The molecule has 0 aliphatic rings. The fraction of sp³-hybridized carbons (Fsp3) is 0.629. The quantitative estimate of drug-likeness (QED) is 0.0644. The molecule has 2 aromatic carbocycles. The minimum atomic E-state index is -2.53. The van der Waals surface area contributed by atoms with Crippen molar-refractivity contribution in [3.63, 3.8) is 0 Å². The summed E-state index contributed by atoms with van der Waals surface area (Å²) in [7, 11) is -2.53. The van der Waals surface area contributed by atoms with Gasteiger partial charge in [0.05, 0.1) is 5.25 Å². The van der Waals surface area contributed by atoms with Gasteiger partial charge >= 0.3 is 8.80 Å². The summed E-state index contributed by atoms with van der Waals surface area (Å²) < 4.78 is 17.9. The summed E-state index contributed by atoms with van der Waals surface area (Å²) in [5, 5.41) is -0.157. The zero-order chi connectivity index (χ0) is 29.6. The molecule has 1 atom stereocenters. The molecule has 0 bridgehead atoms. The Kier molecular flexibility index (Phi) is 19.3. The number of thioether (sulfide) groups is 1. The van der Waals surface area contributed by atoms with Crippen molar-refractivity contribution in [3.8, 4) is 0 Å². The van der Waals surface area contributed by atoms with E-state index in [9.17, 15) is 4.79 Å². The normalized spacial score (nSPS) is 12.5. The average molecular weight is 601 g/mol. The molecule has 0 N–H and O–H groups in total. The Balaban J connectivity index is 1.81. The lowest BCUT2D eigenvalue weighted by molar-refractivity contribution is 0.0706. The Morgan fingerprint density at radius 2 is 1.24 bits per heavy atom. The maximum Gasteiger partial charge on any atom is 0.500 e. The minimum absolute atomic E-state index is 0.157. The van der Waals surface area contributed by atoms with Crippen LogP contribution in [-0.2, 0) is 19.7 Å². The molecular weight excluding hydrogens is 545 g/mol. The molecule has 0 saturated heterocycles. The summed E-state index contributed by atoms with van der Waals surface area (Å²) in [4.78, 5) is 13.6. The molecule has 4 nitrogen and oxygen atoms in total. The topological polar surface area (TPSA) is 44.8 Å². The third-order valence-electron chi connectivity index (χ3n) is 7.40. The highest BCUT2D eigenvalue weighted by Crippen LogP contribution is 2.33. The van der Waals surface area contributed by atoms with E-state index in [1.54, 1.807) is 11.8 Å². The van der Waals surface area contributed by atoms with Crippen LogP contribution in [0.3, 0.4) is 0 Å². The Hall–Kier alpha value is -1.44. The number of hydrogen-bond donors (Lipinski definition) is 0. The second-order valence-electron chi connectivity index (χ2n) is 10.7. The van der Waals surface area contributed by atoms with Crippen LogP contribution in [0.15, 0.2) is 54.6 Å². The van der Waals surface area contributed by atoms with Gasteiger partial charge in [-0.2, -0.15) is 0 Å². The minimum Gasteiger partial charge on any atom is -0.374 e.